The zero-order chi connectivity index (χ0) is 19.9. The smallest absolute Gasteiger partial charge is 0.191 e. The first-order valence-corrected chi connectivity index (χ1v) is 10.2. The average molecular weight is 520 g/mol. The second kappa shape index (κ2) is 8.91. The van der Waals surface area contributed by atoms with Gasteiger partial charge in [0.25, 0.3) is 0 Å². The van der Waals surface area contributed by atoms with E-state index in [1.165, 1.54) is 24.6 Å². The molecular weight excluding hydrogens is 489 g/mol. The van der Waals surface area contributed by atoms with Crippen LogP contribution in [0.4, 0.5) is 14.5 Å². The molecule has 0 amide bonds. The lowest BCUT2D eigenvalue weighted by Gasteiger charge is -2.60. The van der Waals surface area contributed by atoms with E-state index in [4.69, 9.17) is 4.74 Å². The van der Waals surface area contributed by atoms with Crippen LogP contribution in [0.3, 0.4) is 0 Å². The molecule has 0 aromatic heterocycles. The Bertz CT molecular complexity index is 740. The van der Waals surface area contributed by atoms with Crippen LogP contribution in [0.2, 0.25) is 0 Å². The standard InChI is InChI=1S/C21H30F2N4O.HI/c1-21(2)18(14-6-5-11-28-19(14)21)26-20(24-3)25-13-9-10-27(12-13)17-15(22)7-4-8-16(17)23;/h4,7-8,13-14,18-19H,5-6,9-12H2,1-3H3,(H2,24,25,26);1H. The van der Waals surface area contributed by atoms with E-state index >= 15 is 0 Å². The van der Waals surface area contributed by atoms with E-state index in [-0.39, 0.29) is 41.1 Å². The highest BCUT2D eigenvalue weighted by Gasteiger charge is 2.58. The molecular formula is C21H31F2IN4O. The van der Waals surface area contributed by atoms with Crippen LogP contribution in [-0.2, 0) is 4.74 Å². The van der Waals surface area contributed by atoms with Crippen molar-refractivity contribution < 1.29 is 13.5 Å². The first kappa shape index (κ1) is 22.5. The molecule has 2 heterocycles. The third-order valence-corrected chi connectivity index (χ3v) is 6.63. The van der Waals surface area contributed by atoms with E-state index in [1.54, 1.807) is 11.9 Å². The lowest BCUT2D eigenvalue weighted by molar-refractivity contribution is -0.188. The van der Waals surface area contributed by atoms with Crippen molar-refractivity contribution in [1.82, 2.24) is 10.6 Å². The van der Waals surface area contributed by atoms with Crippen molar-refractivity contribution in [2.24, 2.45) is 16.3 Å². The maximum atomic E-state index is 14.1. The van der Waals surface area contributed by atoms with E-state index in [2.05, 4.69) is 29.5 Å². The zero-order valence-electron chi connectivity index (χ0n) is 17.3. The summed E-state index contributed by atoms with van der Waals surface area (Å²) in [6.07, 6.45) is 3.39. The van der Waals surface area contributed by atoms with Crippen molar-refractivity contribution in [3.05, 3.63) is 29.8 Å². The predicted octanol–water partition coefficient (Wildman–Crippen LogP) is 3.53. The van der Waals surface area contributed by atoms with Gasteiger partial charge in [0, 0.05) is 50.2 Å². The maximum absolute atomic E-state index is 14.1. The summed E-state index contributed by atoms with van der Waals surface area (Å²) in [5.41, 5.74) is 0.123. The summed E-state index contributed by atoms with van der Waals surface area (Å²) < 4.78 is 34.1. The number of aliphatic imine (C=N–C) groups is 1. The van der Waals surface area contributed by atoms with Gasteiger partial charge in [-0.3, -0.25) is 4.99 Å². The minimum absolute atomic E-state index is 0. The highest BCUT2D eigenvalue weighted by molar-refractivity contribution is 14.0. The molecule has 3 fully saturated rings. The van der Waals surface area contributed by atoms with Crippen LogP contribution in [0, 0.1) is 23.0 Å². The molecule has 1 aromatic rings. The molecule has 162 valence electrons. The Labute approximate surface area is 188 Å². The van der Waals surface area contributed by atoms with Gasteiger partial charge in [-0.2, -0.15) is 0 Å². The molecule has 1 aliphatic carbocycles. The lowest BCUT2D eigenvalue weighted by Crippen LogP contribution is -2.71. The van der Waals surface area contributed by atoms with Crippen LogP contribution >= 0.6 is 24.0 Å². The number of ether oxygens (including phenoxy) is 1. The second-order valence-corrected chi connectivity index (χ2v) is 8.76. The molecule has 29 heavy (non-hydrogen) atoms. The van der Waals surface area contributed by atoms with Gasteiger partial charge in [0.1, 0.15) is 17.3 Å². The topological polar surface area (TPSA) is 48.9 Å². The average Bonchev–Trinajstić information content (AvgIpc) is 3.13. The zero-order valence-corrected chi connectivity index (χ0v) is 19.6. The summed E-state index contributed by atoms with van der Waals surface area (Å²) in [6.45, 7) is 6.49. The number of nitrogens with one attached hydrogen (secondary N) is 2. The molecule has 0 spiro atoms. The van der Waals surface area contributed by atoms with Gasteiger partial charge in [-0.25, -0.2) is 8.78 Å². The van der Waals surface area contributed by atoms with Crippen molar-refractivity contribution in [1.29, 1.82) is 0 Å². The van der Waals surface area contributed by atoms with Crippen molar-refractivity contribution in [3.8, 4) is 0 Å². The summed E-state index contributed by atoms with van der Waals surface area (Å²) in [7, 11) is 1.76. The molecule has 5 nitrogen and oxygen atoms in total. The Hall–Kier alpha value is -1.16. The van der Waals surface area contributed by atoms with Crippen molar-refractivity contribution in [2.45, 2.75) is 51.3 Å². The van der Waals surface area contributed by atoms with E-state index in [0.29, 0.717) is 31.2 Å². The van der Waals surface area contributed by atoms with Gasteiger partial charge in [0.15, 0.2) is 5.96 Å². The molecule has 4 atom stereocenters. The number of anilines is 1. The summed E-state index contributed by atoms with van der Waals surface area (Å²) >= 11 is 0. The van der Waals surface area contributed by atoms with Crippen LogP contribution in [0.1, 0.15) is 33.1 Å². The SMILES string of the molecule is CN=C(NC1CCN(c2c(F)cccc2F)C1)NC1C2CCCOC2C1(C)C.I. The Morgan fingerprint density at radius 3 is 2.62 bits per heavy atom. The van der Waals surface area contributed by atoms with E-state index < -0.39 is 11.6 Å². The van der Waals surface area contributed by atoms with Gasteiger partial charge in [-0.05, 0) is 31.4 Å². The van der Waals surface area contributed by atoms with Crippen LogP contribution in [0.15, 0.2) is 23.2 Å². The molecule has 2 N–H and O–H groups in total. The minimum atomic E-state index is -0.511. The molecule has 0 bridgehead atoms. The fourth-order valence-corrected chi connectivity index (χ4v) is 5.20. The molecule has 2 aliphatic heterocycles. The molecule has 1 aromatic carbocycles. The molecule has 8 heteroatoms. The molecule has 2 saturated heterocycles. The fourth-order valence-electron chi connectivity index (χ4n) is 5.20. The Morgan fingerprint density at radius 1 is 1.21 bits per heavy atom. The van der Waals surface area contributed by atoms with Gasteiger partial charge in [-0.15, -0.1) is 24.0 Å². The van der Waals surface area contributed by atoms with Gasteiger partial charge in [-0.1, -0.05) is 19.9 Å². The third kappa shape index (κ3) is 4.19. The second-order valence-electron chi connectivity index (χ2n) is 8.76. The molecule has 0 radical (unpaired) electrons. The number of para-hydroxylation sites is 1. The monoisotopic (exact) mass is 520 g/mol. The van der Waals surface area contributed by atoms with Crippen molar-refractivity contribution in [3.63, 3.8) is 0 Å². The number of nitrogens with zero attached hydrogens (tertiary/aromatic N) is 2. The number of fused-ring (bicyclic) bond motifs is 1. The molecule has 4 rings (SSSR count). The van der Waals surface area contributed by atoms with Crippen LogP contribution in [0.5, 0.6) is 0 Å². The van der Waals surface area contributed by atoms with Gasteiger partial charge >= 0.3 is 0 Å². The third-order valence-electron chi connectivity index (χ3n) is 6.63. The van der Waals surface area contributed by atoms with Crippen LogP contribution in [-0.4, -0.2) is 50.9 Å². The summed E-state index contributed by atoms with van der Waals surface area (Å²) in [6, 6.07) is 4.41. The van der Waals surface area contributed by atoms with Crippen molar-refractivity contribution in [2.75, 3.05) is 31.6 Å². The highest BCUT2D eigenvalue weighted by atomic mass is 127. The lowest BCUT2D eigenvalue weighted by atomic mass is 9.55. The first-order chi connectivity index (χ1) is 13.4. The predicted molar refractivity (Wildman–Crippen MR) is 122 cm³/mol. The van der Waals surface area contributed by atoms with Crippen molar-refractivity contribution >= 4 is 35.6 Å². The van der Waals surface area contributed by atoms with Gasteiger partial charge < -0.3 is 20.3 Å². The van der Waals surface area contributed by atoms with Gasteiger partial charge in [0.2, 0.25) is 0 Å². The van der Waals surface area contributed by atoms with Crippen LogP contribution < -0.4 is 15.5 Å². The number of guanidine groups is 1. The quantitative estimate of drug-likeness (QED) is 0.364. The van der Waals surface area contributed by atoms with Gasteiger partial charge in [0.05, 0.1) is 6.10 Å². The Kier molecular flexibility index (Phi) is 6.92. The molecule has 1 saturated carbocycles. The summed E-state index contributed by atoms with van der Waals surface area (Å²) in [5, 5.41) is 7.04. The number of hydrogen-bond donors (Lipinski definition) is 2. The Morgan fingerprint density at radius 2 is 1.93 bits per heavy atom. The number of benzene rings is 1. The van der Waals surface area contributed by atoms with E-state index in [1.807, 2.05) is 0 Å². The van der Waals surface area contributed by atoms with E-state index in [0.717, 1.165) is 25.4 Å². The minimum Gasteiger partial charge on any atom is -0.377 e. The number of halogens is 3. The first-order valence-electron chi connectivity index (χ1n) is 10.2. The normalized spacial score (nSPS) is 30.8. The number of hydrogen-bond acceptors (Lipinski definition) is 3. The summed E-state index contributed by atoms with van der Waals surface area (Å²) in [5.74, 6) is 0.239. The largest absolute Gasteiger partial charge is 0.377 e. The Balaban J connectivity index is 0.00000240. The molecule has 3 aliphatic rings. The molecule has 4 unspecified atom stereocenters. The highest BCUT2D eigenvalue weighted by Crippen LogP contribution is 2.51. The van der Waals surface area contributed by atoms with Crippen LogP contribution in [0.25, 0.3) is 0 Å². The van der Waals surface area contributed by atoms with E-state index in [9.17, 15) is 8.78 Å². The summed E-state index contributed by atoms with van der Waals surface area (Å²) in [4.78, 5) is 6.17. The maximum Gasteiger partial charge on any atom is 0.191 e. The number of rotatable bonds is 3. The fraction of sp³-hybridized carbons (Fsp3) is 0.667.